The van der Waals surface area contributed by atoms with E-state index in [1.165, 1.54) is 0 Å². The molecular formula is C19H14O5. The molecule has 0 saturated heterocycles. The summed E-state index contributed by atoms with van der Waals surface area (Å²) in [5, 5.41) is 1.62. The predicted octanol–water partition coefficient (Wildman–Crippen LogP) is 4.22. The van der Waals surface area contributed by atoms with Crippen LogP contribution >= 0.6 is 0 Å². The van der Waals surface area contributed by atoms with Crippen LogP contribution in [0, 0.1) is 0 Å². The van der Waals surface area contributed by atoms with Gasteiger partial charge in [-0.3, -0.25) is 0 Å². The van der Waals surface area contributed by atoms with Crippen LogP contribution in [0.5, 0.6) is 11.5 Å². The molecule has 24 heavy (non-hydrogen) atoms. The largest absolute Gasteiger partial charge is 0.497 e. The molecule has 2 aromatic carbocycles. The number of hydrogen-bond acceptors (Lipinski definition) is 5. The zero-order chi connectivity index (χ0) is 16.7. The van der Waals surface area contributed by atoms with Crippen molar-refractivity contribution in [1.82, 2.24) is 0 Å². The minimum absolute atomic E-state index is 0.367. The molecule has 0 bridgehead atoms. The first kappa shape index (κ1) is 14.4. The fraction of sp³-hybridized carbons (Fsp3) is 0.105. The molecule has 0 N–H and O–H groups in total. The summed E-state index contributed by atoms with van der Waals surface area (Å²) in [5.41, 5.74) is 1.10. The lowest BCUT2D eigenvalue weighted by Crippen LogP contribution is -2.01. The molecule has 0 fully saturated rings. The Morgan fingerprint density at radius 2 is 1.33 bits per heavy atom. The van der Waals surface area contributed by atoms with Crippen LogP contribution < -0.4 is 15.1 Å². The van der Waals surface area contributed by atoms with E-state index in [9.17, 15) is 4.79 Å². The molecule has 4 rings (SSSR count). The van der Waals surface area contributed by atoms with Gasteiger partial charge in [-0.1, -0.05) is 0 Å². The third kappa shape index (κ3) is 2.31. The van der Waals surface area contributed by atoms with Crippen molar-refractivity contribution in [2.45, 2.75) is 0 Å². The van der Waals surface area contributed by atoms with Gasteiger partial charge >= 0.3 is 5.63 Å². The van der Waals surface area contributed by atoms with Gasteiger partial charge in [0.25, 0.3) is 0 Å². The van der Waals surface area contributed by atoms with Gasteiger partial charge in [0.2, 0.25) is 0 Å². The summed E-state index contributed by atoms with van der Waals surface area (Å²) < 4.78 is 21.6. The zero-order valence-corrected chi connectivity index (χ0v) is 13.2. The normalized spacial score (nSPS) is 11.1. The van der Waals surface area contributed by atoms with Crippen molar-refractivity contribution in [2.75, 3.05) is 14.2 Å². The number of fused-ring (bicyclic) bond motifs is 2. The molecule has 2 heterocycles. The summed E-state index contributed by atoms with van der Waals surface area (Å²) in [6.45, 7) is 0. The Morgan fingerprint density at radius 3 is 1.96 bits per heavy atom. The maximum atomic E-state index is 12.3. The second-order valence-electron chi connectivity index (χ2n) is 5.37. The first-order valence-electron chi connectivity index (χ1n) is 7.38. The molecule has 4 aromatic rings. The molecule has 0 aliphatic carbocycles. The second-order valence-corrected chi connectivity index (χ2v) is 5.37. The molecule has 0 aliphatic heterocycles. The minimum Gasteiger partial charge on any atom is -0.497 e. The van der Waals surface area contributed by atoms with Crippen LogP contribution in [0.4, 0.5) is 0 Å². The van der Waals surface area contributed by atoms with Crippen LogP contribution in [0.15, 0.2) is 62.2 Å². The highest BCUT2D eigenvalue weighted by Gasteiger charge is 2.13. The van der Waals surface area contributed by atoms with Crippen molar-refractivity contribution in [3.8, 4) is 22.8 Å². The molecule has 0 spiro atoms. The van der Waals surface area contributed by atoms with Gasteiger partial charge in [0, 0.05) is 10.8 Å². The van der Waals surface area contributed by atoms with Crippen molar-refractivity contribution in [3.05, 3.63) is 59.0 Å². The third-order valence-electron chi connectivity index (χ3n) is 3.93. The summed E-state index contributed by atoms with van der Waals surface area (Å²) in [5.74, 6) is 1.87. The highest BCUT2D eigenvalue weighted by atomic mass is 16.5. The average molecular weight is 322 g/mol. The molecule has 0 amide bonds. The number of hydrogen-bond donors (Lipinski definition) is 0. The first-order valence-corrected chi connectivity index (χ1v) is 7.38. The molecule has 0 saturated carbocycles. The molecule has 0 radical (unpaired) electrons. The molecule has 5 nitrogen and oxygen atoms in total. The van der Waals surface area contributed by atoms with Gasteiger partial charge < -0.3 is 18.3 Å². The third-order valence-corrected chi connectivity index (χ3v) is 3.93. The van der Waals surface area contributed by atoms with E-state index >= 15 is 0 Å². The van der Waals surface area contributed by atoms with E-state index < -0.39 is 5.63 Å². The lowest BCUT2D eigenvalue weighted by Gasteiger charge is -2.02. The van der Waals surface area contributed by atoms with Crippen LogP contribution in [0.3, 0.4) is 0 Å². The van der Waals surface area contributed by atoms with E-state index in [4.69, 9.17) is 18.3 Å². The molecule has 120 valence electrons. The SMILES string of the molecule is COc1ccc2oc(-c3cc4cc(OC)ccc4oc3=O)cc2c1. The molecule has 5 heteroatoms. The van der Waals surface area contributed by atoms with Crippen LogP contribution in [-0.2, 0) is 0 Å². The van der Waals surface area contributed by atoms with Crippen molar-refractivity contribution in [2.24, 2.45) is 0 Å². The Morgan fingerprint density at radius 1 is 0.750 bits per heavy atom. The molecule has 2 aromatic heterocycles. The summed E-state index contributed by atoms with van der Waals surface area (Å²) in [6, 6.07) is 14.3. The van der Waals surface area contributed by atoms with Gasteiger partial charge in [0.1, 0.15) is 34.0 Å². The van der Waals surface area contributed by atoms with E-state index in [1.807, 2.05) is 24.3 Å². The Balaban J connectivity index is 1.91. The van der Waals surface area contributed by atoms with E-state index in [1.54, 1.807) is 38.5 Å². The van der Waals surface area contributed by atoms with Crippen molar-refractivity contribution in [3.63, 3.8) is 0 Å². The van der Waals surface area contributed by atoms with Crippen LogP contribution in [0.1, 0.15) is 0 Å². The van der Waals surface area contributed by atoms with E-state index in [0.717, 1.165) is 16.5 Å². The summed E-state index contributed by atoms with van der Waals surface area (Å²) >= 11 is 0. The maximum Gasteiger partial charge on any atom is 0.347 e. The Labute approximate surface area is 137 Å². The summed E-state index contributed by atoms with van der Waals surface area (Å²) in [6.07, 6.45) is 0. The fourth-order valence-electron chi connectivity index (χ4n) is 2.68. The average Bonchev–Trinajstić information content (AvgIpc) is 3.03. The first-order chi connectivity index (χ1) is 11.7. The lowest BCUT2D eigenvalue weighted by atomic mass is 10.1. The van der Waals surface area contributed by atoms with Gasteiger partial charge in [-0.2, -0.15) is 0 Å². The Bertz CT molecular complexity index is 1100. The number of furan rings is 1. The van der Waals surface area contributed by atoms with E-state index in [2.05, 4.69) is 0 Å². The standard InChI is InChI=1S/C19H14O5/c1-21-13-4-6-17-11(7-13)9-15(19(20)24-17)18-10-12-8-14(22-2)3-5-16(12)23-18/h3-10H,1-2H3. The number of methoxy groups -OCH3 is 2. The molecule has 0 atom stereocenters. The van der Waals surface area contributed by atoms with Gasteiger partial charge in [0.05, 0.1) is 14.2 Å². The van der Waals surface area contributed by atoms with Crippen molar-refractivity contribution >= 4 is 21.9 Å². The van der Waals surface area contributed by atoms with Crippen LogP contribution in [-0.4, -0.2) is 14.2 Å². The topological polar surface area (TPSA) is 61.8 Å². The molecule has 0 aliphatic rings. The van der Waals surface area contributed by atoms with Crippen molar-refractivity contribution < 1.29 is 18.3 Å². The van der Waals surface area contributed by atoms with Gasteiger partial charge in [-0.25, -0.2) is 4.79 Å². The maximum absolute atomic E-state index is 12.3. The van der Waals surface area contributed by atoms with E-state index in [-0.39, 0.29) is 0 Å². The van der Waals surface area contributed by atoms with Gasteiger partial charge in [-0.15, -0.1) is 0 Å². The van der Waals surface area contributed by atoms with Crippen molar-refractivity contribution in [1.29, 1.82) is 0 Å². The fourth-order valence-corrected chi connectivity index (χ4v) is 2.68. The zero-order valence-electron chi connectivity index (χ0n) is 13.2. The quantitative estimate of drug-likeness (QED) is 0.528. The Kier molecular flexibility index (Phi) is 3.27. The van der Waals surface area contributed by atoms with Gasteiger partial charge in [-0.05, 0) is 48.5 Å². The second kappa shape index (κ2) is 5.45. The smallest absolute Gasteiger partial charge is 0.347 e. The lowest BCUT2D eigenvalue weighted by molar-refractivity contribution is 0.415. The Hall–Kier alpha value is -3.21. The predicted molar refractivity (Wildman–Crippen MR) is 90.8 cm³/mol. The number of benzene rings is 2. The van der Waals surface area contributed by atoms with Gasteiger partial charge in [0.15, 0.2) is 0 Å². The summed E-state index contributed by atoms with van der Waals surface area (Å²) in [4.78, 5) is 12.3. The highest BCUT2D eigenvalue weighted by molar-refractivity contribution is 5.87. The number of ether oxygens (including phenoxy) is 2. The minimum atomic E-state index is -0.446. The molecular weight excluding hydrogens is 308 g/mol. The van der Waals surface area contributed by atoms with E-state index in [0.29, 0.717) is 28.2 Å². The monoisotopic (exact) mass is 322 g/mol. The molecule has 0 unspecified atom stereocenters. The van der Waals surface area contributed by atoms with Crippen LogP contribution in [0.25, 0.3) is 33.3 Å². The van der Waals surface area contributed by atoms with Crippen LogP contribution in [0.2, 0.25) is 0 Å². The number of rotatable bonds is 3. The summed E-state index contributed by atoms with van der Waals surface area (Å²) in [7, 11) is 3.20. The highest BCUT2D eigenvalue weighted by Crippen LogP contribution is 2.30.